The Kier molecular flexibility index (Phi) is 4.10. The largest absolute Gasteiger partial charge is 0.301 e. The third-order valence-corrected chi connectivity index (χ3v) is 3.26. The molecule has 1 aliphatic rings. The molecule has 2 rings (SSSR count). The molecule has 0 radical (unpaired) electrons. The first-order valence-corrected chi connectivity index (χ1v) is 6.40. The molecule has 5 nitrogen and oxygen atoms in total. The van der Waals surface area contributed by atoms with Gasteiger partial charge in [-0.3, -0.25) is 0 Å². The maximum absolute atomic E-state index is 8.96. The van der Waals surface area contributed by atoms with Gasteiger partial charge < -0.3 is 4.90 Å². The van der Waals surface area contributed by atoms with E-state index in [0.29, 0.717) is 5.69 Å². The second-order valence-electron chi connectivity index (χ2n) is 4.52. The zero-order valence-corrected chi connectivity index (χ0v) is 10.4. The van der Waals surface area contributed by atoms with Crippen LogP contribution in [0, 0.1) is 11.3 Å². The number of nitrogens with zero attached hydrogens (tertiary/aromatic N) is 5. The molecule has 0 amide bonds. The van der Waals surface area contributed by atoms with Gasteiger partial charge >= 0.3 is 0 Å². The van der Waals surface area contributed by atoms with E-state index in [2.05, 4.69) is 28.2 Å². The van der Waals surface area contributed by atoms with Crippen LogP contribution in [0.2, 0.25) is 0 Å². The first-order chi connectivity index (χ1) is 8.35. The van der Waals surface area contributed by atoms with Crippen molar-refractivity contribution >= 4 is 0 Å². The predicted octanol–water partition coefficient (Wildman–Crippen LogP) is 1.20. The van der Waals surface area contributed by atoms with Crippen LogP contribution in [0.5, 0.6) is 0 Å². The van der Waals surface area contributed by atoms with E-state index >= 15 is 0 Å². The molecule has 0 saturated carbocycles. The number of likely N-dealkylation sites (tertiary alicyclic amines) is 1. The van der Waals surface area contributed by atoms with Crippen LogP contribution >= 0.6 is 0 Å². The van der Waals surface area contributed by atoms with Crippen LogP contribution in [0.3, 0.4) is 0 Å². The molecule has 92 valence electrons. The summed E-state index contributed by atoms with van der Waals surface area (Å²) in [4.78, 5) is 2.45. The van der Waals surface area contributed by atoms with Gasteiger partial charge in [-0.2, -0.15) is 5.26 Å². The van der Waals surface area contributed by atoms with Crippen molar-refractivity contribution in [1.82, 2.24) is 19.9 Å². The van der Waals surface area contributed by atoms with E-state index in [1.54, 1.807) is 0 Å². The van der Waals surface area contributed by atoms with Crippen LogP contribution in [0.25, 0.3) is 0 Å². The second kappa shape index (κ2) is 5.78. The number of hydrogen-bond acceptors (Lipinski definition) is 4. The van der Waals surface area contributed by atoms with Crippen molar-refractivity contribution in [3.05, 3.63) is 11.4 Å². The normalized spacial score (nSPS) is 16.2. The van der Waals surface area contributed by atoms with Crippen molar-refractivity contribution in [3.63, 3.8) is 0 Å². The summed E-state index contributed by atoms with van der Waals surface area (Å²) < 4.78 is 1.90. The Hall–Kier alpha value is -1.41. The molecule has 1 aliphatic heterocycles. The molecule has 17 heavy (non-hydrogen) atoms. The molecule has 0 aliphatic carbocycles. The fourth-order valence-electron chi connectivity index (χ4n) is 2.33. The minimum absolute atomic E-state index is 0.494. The molecule has 1 aromatic rings. The molecule has 0 atom stereocenters. The van der Waals surface area contributed by atoms with E-state index < -0.39 is 0 Å². The van der Waals surface area contributed by atoms with Crippen LogP contribution in [0.15, 0.2) is 0 Å². The van der Waals surface area contributed by atoms with Gasteiger partial charge in [-0.25, -0.2) is 4.68 Å². The molecule has 0 N–H and O–H groups in total. The lowest BCUT2D eigenvalue weighted by Crippen LogP contribution is -2.25. The van der Waals surface area contributed by atoms with Crippen molar-refractivity contribution in [1.29, 1.82) is 5.26 Å². The molecule has 0 aromatic carbocycles. The molecule has 1 saturated heterocycles. The van der Waals surface area contributed by atoms with Crippen LogP contribution < -0.4 is 0 Å². The summed E-state index contributed by atoms with van der Waals surface area (Å²) in [7, 11) is 0. The SMILES string of the molecule is CCCc1c(C#N)nnn1CCN1CCCC1. The molecular formula is C12H19N5. The lowest BCUT2D eigenvalue weighted by atomic mass is 10.2. The Balaban J connectivity index is 1.99. The number of rotatable bonds is 5. The fourth-order valence-corrected chi connectivity index (χ4v) is 2.33. The van der Waals surface area contributed by atoms with E-state index in [1.165, 1.54) is 25.9 Å². The van der Waals surface area contributed by atoms with Gasteiger partial charge in [-0.1, -0.05) is 18.6 Å². The Labute approximate surface area is 102 Å². The third kappa shape index (κ3) is 2.83. The van der Waals surface area contributed by atoms with E-state index in [1.807, 2.05) is 4.68 Å². The number of hydrogen-bond donors (Lipinski definition) is 0. The van der Waals surface area contributed by atoms with E-state index in [-0.39, 0.29) is 0 Å². The summed E-state index contributed by atoms with van der Waals surface area (Å²) in [6.07, 6.45) is 4.52. The highest BCUT2D eigenvalue weighted by molar-refractivity contribution is 5.24. The van der Waals surface area contributed by atoms with Crippen LogP contribution in [-0.2, 0) is 13.0 Å². The second-order valence-corrected chi connectivity index (χ2v) is 4.52. The van der Waals surface area contributed by atoms with Gasteiger partial charge in [0.25, 0.3) is 0 Å². The first-order valence-electron chi connectivity index (χ1n) is 6.40. The Morgan fingerprint density at radius 1 is 1.29 bits per heavy atom. The molecule has 1 aromatic heterocycles. The van der Waals surface area contributed by atoms with Crippen molar-refractivity contribution < 1.29 is 0 Å². The van der Waals surface area contributed by atoms with Gasteiger partial charge in [-0.05, 0) is 32.4 Å². The Bertz CT molecular complexity index is 398. The van der Waals surface area contributed by atoms with Gasteiger partial charge in [0.05, 0.1) is 12.2 Å². The van der Waals surface area contributed by atoms with Gasteiger partial charge in [0.15, 0.2) is 5.69 Å². The van der Waals surface area contributed by atoms with Crippen LogP contribution in [0.1, 0.15) is 37.6 Å². The number of aromatic nitrogens is 3. The quantitative estimate of drug-likeness (QED) is 0.766. The maximum atomic E-state index is 8.96. The zero-order valence-electron chi connectivity index (χ0n) is 10.4. The lowest BCUT2D eigenvalue weighted by molar-refractivity contribution is 0.312. The summed E-state index contributed by atoms with van der Waals surface area (Å²) in [6, 6.07) is 2.12. The molecule has 2 heterocycles. The van der Waals surface area contributed by atoms with Gasteiger partial charge in [0, 0.05) is 6.54 Å². The maximum Gasteiger partial charge on any atom is 0.185 e. The van der Waals surface area contributed by atoms with Gasteiger partial charge in [0.2, 0.25) is 0 Å². The summed E-state index contributed by atoms with van der Waals surface area (Å²) in [5, 5.41) is 17.0. The topological polar surface area (TPSA) is 57.7 Å². The fraction of sp³-hybridized carbons (Fsp3) is 0.750. The minimum Gasteiger partial charge on any atom is -0.301 e. The van der Waals surface area contributed by atoms with E-state index in [4.69, 9.17) is 5.26 Å². The monoisotopic (exact) mass is 233 g/mol. The van der Waals surface area contributed by atoms with Crippen molar-refractivity contribution in [2.24, 2.45) is 0 Å². The Morgan fingerprint density at radius 3 is 2.71 bits per heavy atom. The smallest absolute Gasteiger partial charge is 0.185 e. The van der Waals surface area contributed by atoms with Crippen LogP contribution in [-0.4, -0.2) is 39.5 Å². The molecule has 0 unspecified atom stereocenters. The summed E-state index contributed by atoms with van der Waals surface area (Å²) in [5.41, 5.74) is 1.49. The minimum atomic E-state index is 0.494. The van der Waals surface area contributed by atoms with Gasteiger partial charge in [-0.15, -0.1) is 5.10 Å². The lowest BCUT2D eigenvalue weighted by Gasteiger charge is -2.14. The summed E-state index contributed by atoms with van der Waals surface area (Å²) >= 11 is 0. The highest BCUT2D eigenvalue weighted by Crippen LogP contribution is 2.10. The molecule has 0 spiro atoms. The Morgan fingerprint density at radius 2 is 2.06 bits per heavy atom. The standard InChI is InChI=1S/C12H19N5/c1-2-5-12-11(10-13)14-15-17(12)9-8-16-6-3-4-7-16/h2-9H2,1H3. The van der Waals surface area contributed by atoms with E-state index in [9.17, 15) is 0 Å². The van der Waals surface area contributed by atoms with Crippen LogP contribution in [0.4, 0.5) is 0 Å². The molecule has 1 fully saturated rings. The molecule has 5 heteroatoms. The summed E-state index contributed by atoms with van der Waals surface area (Å²) in [5.74, 6) is 0. The van der Waals surface area contributed by atoms with Crippen molar-refractivity contribution in [3.8, 4) is 6.07 Å². The average Bonchev–Trinajstić information content (AvgIpc) is 2.96. The highest BCUT2D eigenvalue weighted by Gasteiger charge is 2.14. The van der Waals surface area contributed by atoms with Crippen molar-refractivity contribution in [2.75, 3.05) is 19.6 Å². The average molecular weight is 233 g/mol. The van der Waals surface area contributed by atoms with E-state index in [0.717, 1.165) is 31.6 Å². The van der Waals surface area contributed by atoms with Gasteiger partial charge in [0.1, 0.15) is 6.07 Å². The molecule has 0 bridgehead atoms. The van der Waals surface area contributed by atoms with Crippen molar-refractivity contribution in [2.45, 2.75) is 39.2 Å². The first kappa shape index (κ1) is 12.1. The predicted molar refractivity (Wildman–Crippen MR) is 64.4 cm³/mol. The number of nitriles is 1. The highest BCUT2D eigenvalue weighted by atomic mass is 15.4. The summed E-state index contributed by atoms with van der Waals surface area (Å²) in [6.45, 7) is 6.37. The zero-order chi connectivity index (χ0) is 12.1. The third-order valence-electron chi connectivity index (χ3n) is 3.26. The molecular weight excluding hydrogens is 214 g/mol.